The third-order valence-corrected chi connectivity index (χ3v) is 3.60. The van der Waals surface area contributed by atoms with Crippen LogP contribution in [0.25, 0.3) is 0 Å². The molecule has 0 bridgehead atoms. The third kappa shape index (κ3) is 4.63. The van der Waals surface area contributed by atoms with Crippen LogP contribution in [0.1, 0.15) is 27.2 Å². The molecule has 0 spiro atoms. The molecule has 1 aromatic carbocycles. The monoisotopic (exact) mass is 295 g/mol. The van der Waals surface area contributed by atoms with Gasteiger partial charge in [-0.15, -0.1) is 11.8 Å². The normalized spacial score (nSPS) is 14.6. The highest BCUT2D eigenvalue weighted by Gasteiger charge is 2.15. The van der Waals surface area contributed by atoms with Gasteiger partial charge < -0.3 is 14.8 Å². The predicted octanol–water partition coefficient (Wildman–Crippen LogP) is 2.85. The molecule has 110 valence electrons. The quantitative estimate of drug-likeness (QED) is 0.871. The van der Waals surface area contributed by atoms with Crippen molar-refractivity contribution in [1.29, 1.82) is 0 Å². The molecule has 0 atom stereocenters. The van der Waals surface area contributed by atoms with Crippen molar-refractivity contribution in [3.05, 3.63) is 18.2 Å². The van der Waals surface area contributed by atoms with Gasteiger partial charge in [-0.25, -0.2) is 0 Å². The van der Waals surface area contributed by atoms with E-state index in [9.17, 15) is 4.79 Å². The van der Waals surface area contributed by atoms with Gasteiger partial charge in [-0.1, -0.05) is 0 Å². The number of rotatable bonds is 3. The minimum absolute atomic E-state index is 0.0367. The van der Waals surface area contributed by atoms with Crippen molar-refractivity contribution < 1.29 is 14.3 Å². The molecule has 1 aromatic rings. The maximum Gasteiger partial charge on any atom is 0.230 e. The number of nitrogens with one attached hydrogen (secondary N) is 1. The molecular formula is C15H21NO3S. The molecule has 1 amide bonds. The first-order valence-corrected chi connectivity index (χ1v) is 7.76. The van der Waals surface area contributed by atoms with Crippen LogP contribution >= 0.6 is 11.8 Å². The molecular weight excluding hydrogens is 274 g/mol. The highest BCUT2D eigenvalue weighted by atomic mass is 32.2. The van der Waals surface area contributed by atoms with Crippen LogP contribution in [0.5, 0.6) is 11.5 Å². The molecule has 0 fully saturated rings. The van der Waals surface area contributed by atoms with Crippen LogP contribution in [0.15, 0.2) is 23.1 Å². The maximum atomic E-state index is 11.8. The van der Waals surface area contributed by atoms with E-state index in [2.05, 4.69) is 5.32 Å². The summed E-state index contributed by atoms with van der Waals surface area (Å²) in [5, 5.41) is 2.95. The fraction of sp³-hybridized carbons (Fsp3) is 0.533. The molecule has 0 aromatic heterocycles. The Morgan fingerprint density at radius 3 is 2.65 bits per heavy atom. The highest BCUT2D eigenvalue weighted by molar-refractivity contribution is 8.00. The lowest BCUT2D eigenvalue weighted by Gasteiger charge is -2.20. The molecule has 0 aliphatic carbocycles. The van der Waals surface area contributed by atoms with Gasteiger partial charge in [0.15, 0.2) is 11.5 Å². The summed E-state index contributed by atoms with van der Waals surface area (Å²) in [4.78, 5) is 12.8. The van der Waals surface area contributed by atoms with E-state index in [0.29, 0.717) is 19.0 Å². The second kappa shape index (κ2) is 6.39. The molecule has 2 rings (SSSR count). The lowest BCUT2D eigenvalue weighted by molar-refractivity contribution is -0.119. The van der Waals surface area contributed by atoms with Crippen LogP contribution < -0.4 is 14.8 Å². The summed E-state index contributed by atoms with van der Waals surface area (Å²) >= 11 is 1.50. The van der Waals surface area contributed by atoms with Gasteiger partial charge in [-0.2, -0.15) is 0 Å². The molecule has 1 aliphatic heterocycles. The number of amides is 1. The Morgan fingerprint density at radius 2 is 1.95 bits per heavy atom. The molecule has 0 unspecified atom stereocenters. The van der Waals surface area contributed by atoms with Crippen LogP contribution in [-0.4, -0.2) is 30.4 Å². The number of benzene rings is 1. The third-order valence-electron chi connectivity index (χ3n) is 2.60. The summed E-state index contributed by atoms with van der Waals surface area (Å²) in [6, 6.07) is 5.81. The van der Waals surface area contributed by atoms with Crippen LogP contribution in [0.3, 0.4) is 0 Å². The van der Waals surface area contributed by atoms with Crippen LogP contribution in [0, 0.1) is 0 Å². The van der Waals surface area contributed by atoms with Crippen molar-refractivity contribution in [3.63, 3.8) is 0 Å². The van der Waals surface area contributed by atoms with Gasteiger partial charge in [-0.05, 0) is 39.0 Å². The average molecular weight is 295 g/mol. The first kappa shape index (κ1) is 15.0. The molecule has 0 radical (unpaired) electrons. The molecule has 5 heteroatoms. The van der Waals surface area contributed by atoms with Gasteiger partial charge in [0.2, 0.25) is 5.91 Å². The number of thioether (sulfide) groups is 1. The number of carbonyl (C=O) groups is 1. The minimum Gasteiger partial charge on any atom is -0.490 e. The van der Waals surface area contributed by atoms with E-state index in [1.165, 1.54) is 11.8 Å². The second-order valence-corrected chi connectivity index (χ2v) is 6.79. The van der Waals surface area contributed by atoms with Crippen molar-refractivity contribution in [3.8, 4) is 11.5 Å². The fourth-order valence-corrected chi connectivity index (χ4v) is 2.56. The van der Waals surface area contributed by atoms with Crippen molar-refractivity contribution >= 4 is 17.7 Å². The van der Waals surface area contributed by atoms with E-state index >= 15 is 0 Å². The van der Waals surface area contributed by atoms with E-state index in [4.69, 9.17) is 9.47 Å². The number of hydrogen-bond acceptors (Lipinski definition) is 4. The highest BCUT2D eigenvalue weighted by Crippen LogP contribution is 2.33. The summed E-state index contributed by atoms with van der Waals surface area (Å²) in [5.41, 5.74) is -0.192. The summed E-state index contributed by atoms with van der Waals surface area (Å²) in [7, 11) is 0. The summed E-state index contributed by atoms with van der Waals surface area (Å²) in [6.45, 7) is 7.29. The molecule has 1 aliphatic rings. The van der Waals surface area contributed by atoms with E-state index in [0.717, 1.165) is 22.8 Å². The van der Waals surface area contributed by atoms with E-state index < -0.39 is 0 Å². The largest absolute Gasteiger partial charge is 0.490 e. The molecule has 0 saturated carbocycles. The number of carbonyl (C=O) groups excluding carboxylic acids is 1. The first-order chi connectivity index (χ1) is 9.44. The SMILES string of the molecule is CC(C)(C)NC(=O)CSc1ccc2c(c1)OCCCO2. The fourth-order valence-electron chi connectivity index (χ4n) is 1.84. The Labute approximate surface area is 124 Å². The van der Waals surface area contributed by atoms with E-state index in [-0.39, 0.29) is 11.4 Å². The minimum atomic E-state index is -0.192. The van der Waals surface area contributed by atoms with E-state index in [1.807, 2.05) is 39.0 Å². The standard InChI is InChI=1S/C15H21NO3S/c1-15(2,3)16-14(17)10-20-11-5-6-12-13(9-11)19-8-4-7-18-12/h5-6,9H,4,7-8,10H2,1-3H3,(H,16,17). The average Bonchev–Trinajstić information content (AvgIpc) is 2.58. The molecule has 1 N–H and O–H groups in total. The van der Waals surface area contributed by atoms with Crippen LogP contribution in [0.4, 0.5) is 0 Å². The Bertz CT molecular complexity index is 482. The van der Waals surface area contributed by atoms with Gasteiger partial charge in [0.25, 0.3) is 0 Å². The number of ether oxygens (including phenoxy) is 2. The second-order valence-electron chi connectivity index (χ2n) is 5.75. The van der Waals surface area contributed by atoms with Crippen molar-refractivity contribution in [2.24, 2.45) is 0 Å². The zero-order valence-corrected chi connectivity index (χ0v) is 13.0. The lowest BCUT2D eigenvalue weighted by Crippen LogP contribution is -2.41. The predicted molar refractivity (Wildman–Crippen MR) is 80.7 cm³/mol. The smallest absolute Gasteiger partial charge is 0.230 e. The Kier molecular flexibility index (Phi) is 4.81. The first-order valence-electron chi connectivity index (χ1n) is 6.77. The number of hydrogen-bond donors (Lipinski definition) is 1. The van der Waals surface area contributed by atoms with Gasteiger partial charge in [-0.3, -0.25) is 4.79 Å². The van der Waals surface area contributed by atoms with Crippen molar-refractivity contribution in [1.82, 2.24) is 5.32 Å². The topological polar surface area (TPSA) is 47.6 Å². The van der Waals surface area contributed by atoms with Gasteiger partial charge in [0, 0.05) is 16.9 Å². The zero-order chi connectivity index (χ0) is 14.6. The molecule has 20 heavy (non-hydrogen) atoms. The Morgan fingerprint density at radius 1 is 1.25 bits per heavy atom. The van der Waals surface area contributed by atoms with Crippen LogP contribution in [-0.2, 0) is 4.79 Å². The van der Waals surface area contributed by atoms with Crippen molar-refractivity contribution in [2.75, 3.05) is 19.0 Å². The molecule has 1 heterocycles. The summed E-state index contributed by atoms with van der Waals surface area (Å²) < 4.78 is 11.2. The summed E-state index contributed by atoms with van der Waals surface area (Å²) in [6.07, 6.45) is 0.894. The Hall–Kier alpha value is -1.36. The van der Waals surface area contributed by atoms with E-state index in [1.54, 1.807) is 0 Å². The van der Waals surface area contributed by atoms with Gasteiger partial charge >= 0.3 is 0 Å². The number of fused-ring (bicyclic) bond motifs is 1. The van der Waals surface area contributed by atoms with Gasteiger partial charge in [0.1, 0.15) is 0 Å². The van der Waals surface area contributed by atoms with Gasteiger partial charge in [0.05, 0.1) is 19.0 Å². The summed E-state index contributed by atoms with van der Waals surface area (Å²) in [5.74, 6) is 1.99. The Balaban J connectivity index is 1.94. The lowest BCUT2D eigenvalue weighted by atomic mass is 10.1. The van der Waals surface area contributed by atoms with Crippen LogP contribution in [0.2, 0.25) is 0 Å². The molecule has 0 saturated heterocycles. The zero-order valence-electron chi connectivity index (χ0n) is 12.2. The maximum absolute atomic E-state index is 11.8. The molecule has 4 nitrogen and oxygen atoms in total. The van der Waals surface area contributed by atoms with Crippen molar-refractivity contribution in [2.45, 2.75) is 37.6 Å².